The summed E-state index contributed by atoms with van der Waals surface area (Å²) in [6.07, 6.45) is 8.13. The first kappa shape index (κ1) is 28.4. The molecule has 5 aromatic carbocycles. The van der Waals surface area contributed by atoms with E-state index in [1.807, 2.05) is 73.1 Å². The molecular weight excluding hydrogens is 615 g/mol. The van der Waals surface area contributed by atoms with Crippen LogP contribution in [0.2, 0.25) is 0 Å². The van der Waals surface area contributed by atoms with E-state index in [2.05, 4.69) is 101 Å². The van der Waals surface area contributed by atoms with E-state index in [1.165, 1.54) is 22.5 Å². The lowest BCUT2D eigenvalue weighted by atomic mass is 9.81. The fourth-order valence-corrected chi connectivity index (χ4v) is 7.60. The smallest absolute Gasteiger partial charge is 0.164 e. The molecule has 6 nitrogen and oxygen atoms in total. The molecular formula is C44H29N5O. The molecule has 1 aliphatic heterocycles. The summed E-state index contributed by atoms with van der Waals surface area (Å²) in [6.45, 7) is 0. The number of hydrogen-bond acceptors (Lipinski definition) is 6. The third-order valence-electron chi connectivity index (χ3n) is 9.77. The summed E-state index contributed by atoms with van der Waals surface area (Å²) < 4.78 is 6.82. The quantitative estimate of drug-likeness (QED) is 0.186. The lowest BCUT2D eigenvalue weighted by Crippen LogP contribution is -2.30. The Morgan fingerprint density at radius 1 is 0.560 bits per heavy atom. The Hall–Kier alpha value is -6.66. The Bertz CT molecular complexity index is 2490. The van der Waals surface area contributed by atoms with Crippen molar-refractivity contribution >= 4 is 28.4 Å². The third-order valence-corrected chi connectivity index (χ3v) is 9.77. The van der Waals surface area contributed by atoms with Gasteiger partial charge in [-0.05, 0) is 65.2 Å². The largest absolute Gasteiger partial charge is 0.456 e. The van der Waals surface area contributed by atoms with Gasteiger partial charge in [-0.2, -0.15) is 0 Å². The average Bonchev–Trinajstić information content (AvgIpc) is 3.74. The number of benzene rings is 5. The Balaban J connectivity index is 1.21. The predicted molar refractivity (Wildman–Crippen MR) is 199 cm³/mol. The molecule has 0 fully saturated rings. The highest BCUT2D eigenvalue weighted by Gasteiger charge is 2.43. The van der Waals surface area contributed by atoms with Gasteiger partial charge in [-0.15, -0.1) is 0 Å². The van der Waals surface area contributed by atoms with E-state index in [0.717, 1.165) is 44.5 Å². The van der Waals surface area contributed by atoms with Gasteiger partial charge in [0, 0.05) is 57.3 Å². The number of pyridine rings is 1. The number of anilines is 2. The number of fused-ring (bicyclic) bond motifs is 7. The predicted octanol–water partition coefficient (Wildman–Crippen LogP) is 10.4. The Labute approximate surface area is 289 Å². The van der Waals surface area contributed by atoms with Crippen molar-refractivity contribution in [3.05, 3.63) is 175 Å². The zero-order valence-corrected chi connectivity index (χ0v) is 26.9. The lowest BCUT2D eigenvalue weighted by Gasteiger charge is -2.30. The van der Waals surface area contributed by atoms with E-state index in [4.69, 9.17) is 19.4 Å². The van der Waals surface area contributed by atoms with Gasteiger partial charge in [0.2, 0.25) is 0 Å². The van der Waals surface area contributed by atoms with Crippen LogP contribution < -0.4 is 4.90 Å². The Morgan fingerprint density at radius 2 is 1.16 bits per heavy atom. The van der Waals surface area contributed by atoms with Crippen LogP contribution in [0.3, 0.4) is 0 Å². The van der Waals surface area contributed by atoms with E-state index < -0.39 is 0 Å². The molecule has 3 aromatic heterocycles. The first-order valence-corrected chi connectivity index (χ1v) is 16.8. The van der Waals surface area contributed by atoms with Gasteiger partial charge in [0.25, 0.3) is 0 Å². The van der Waals surface area contributed by atoms with Gasteiger partial charge in [0.1, 0.15) is 11.3 Å². The molecule has 6 heteroatoms. The van der Waals surface area contributed by atoms with Crippen LogP contribution in [0.25, 0.3) is 62.3 Å². The number of hydrogen-bond donors (Lipinski definition) is 0. The average molecular weight is 644 g/mol. The van der Waals surface area contributed by atoms with Crippen molar-refractivity contribution in [3.63, 3.8) is 0 Å². The van der Waals surface area contributed by atoms with Crippen LogP contribution in [0, 0.1) is 0 Å². The van der Waals surface area contributed by atoms with E-state index in [9.17, 15) is 0 Å². The SMILES string of the molecule is C1=CC2C(c3ccccc3N2c2ccccc2)c2c1oc1cc(-c3nc(-c4ccccc4)nc(-c4ccccc4)n3)cc(-c3ccncc3)c21. The summed E-state index contributed by atoms with van der Waals surface area (Å²) >= 11 is 0. The molecule has 0 bridgehead atoms. The van der Waals surface area contributed by atoms with Crippen LogP contribution in [0.15, 0.2) is 162 Å². The lowest BCUT2D eigenvalue weighted by molar-refractivity contribution is 0.584. The van der Waals surface area contributed by atoms with Crippen LogP contribution in [0.4, 0.5) is 11.4 Å². The first-order valence-electron chi connectivity index (χ1n) is 16.8. The van der Waals surface area contributed by atoms with Crippen molar-refractivity contribution in [2.75, 3.05) is 4.90 Å². The summed E-state index contributed by atoms with van der Waals surface area (Å²) in [5.74, 6) is 2.77. The molecule has 2 aliphatic rings. The minimum absolute atomic E-state index is 0.0747. The molecule has 2 atom stereocenters. The summed E-state index contributed by atoms with van der Waals surface area (Å²) in [7, 11) is 0. The van der Waals surface area contributed by atoms with E-state index in [0.29, 0.717) is 17.5 Å². The molecule has 0 radical (unpaired) electrons. The number of aromatic nitrogens is 4. The zero-order chi connectivity index (χ0) is 33.0. The number of nitrogens with zero attached hydrogens (tertiary/aromatic N) is 5. The Morgan fingerprint density at radius 3 is 1.84 bits per heavy atom. The monoisotopic (exact) mass is 643 g/mol. The van der Waals surface area contributed by atoms with Crippen LogP contribution in [0.1, 0.15) is 22.8 Å². The minimum atomic E-state index is 0.0747. The summed E-state index contributed by atoms with van der Waals surface area (Å²) in [6, 6.07) is 48.0. The summed E-state index contributed by atoms with van der Waals surface area (Å²) in [5, 5.41) is 1.10. The zero-order valence-electron chi connectivity index (χ0n) is 26.9. The van der Waals surface area contributed by atoms with Gasteiger partial charge in [-0.3, -0.25) is 4.98 Å². The van der Waals surface area contributed by atoms with Gasteiger partial charge >= 0.3 is 0 Å². The second kappa shape index (κ2) is 11.5. The molecule has 0 spiro atoms. The molecule has 8 aromatic rings. The van der Waals surface area contributed by atoms with Gasteiger partial charge in [0.05, 0.1) is 6.04 Å². The molecule has 0 saturated heterocycles. The fraction of sp³-hybridized carbons (Fsp3) is 0.0455. The number of para-hydroxylation sites is 2. The maximum Gasteiger partial charge on any atom is 0.164 e. The molecule has 10 rings (SSSR count). The summed E-state index contributed by atoms with van der Waals surface area (Å²) in [5.41, 5.74) is 10.5. The molecule has 0 N–H and O–H groups in total. The van der Waals surface area contributed by atoms with Gasteiger partial charge in [0.15, 0.2) is 17.5 Å². The van der Waals surface area contributed by atoms with Crippen molar-refractivity contribution < 1.29 is 4.42 Å². The highest BCUT2D eigenvalue weighted by molar-refractivity contribution is 6.02. The van der Waals surface area contributed by atoms with E-state index in [-0.39, 0.29) is 12.0 Å². The highest BCUT2D eigenvalue weighted by Crippen LogP contribution is 2.54. The van der Waals surface area contributed by atoms with Crippen molar-refractivity contribution in [3.8, 4) is 45.3 Å². The molecule has 2 unspecified atom stereocenters. The molecule has 50 heavy (non-hydrogen) atoms. The maximum atomic E-state index is 6.82. The third kappa shape index (κ3) is 4.57. The number of furan rings is 1. The van der Waals surface area contributed by atoms with Crippen LogP contribution in [-0.2, 0) is 0 Å². The normalized spacial score (nSPS) is 15.9. The fourth-order valence-electron chi connectivity index (χ4n) is 7.60. The molecule has 0 saturated carbocycles. The maximum absolute atomic E-state index is 6.82. The van der Waals surface area contributed by atoms with Gasteiger partial charge < -0.3 is 9.32 Å². The Kier molecular flexibility index (Phi) is 6.52. The number of rotatable bonds is 5. The minimum Gasteiger partial charge on any atom is -0.456 e. The van der Waals surface area contributed by atoms with Crippen molar-refractivity contribution in [1.29, 1.82) is 0 Å². The van der Waals surface area contributed by atoms with E-state index >= 15 is 0 Å². The topological polar surface area (TPSA) is 67.9 Å². The molecule has 4 heterocycles. The first-order chi connectivity index (χ1) is 24.8. The second-order valence-corrected chi connectivity index (χ2v) is 12.6. The van der Waals surface area contributed by atoms with Crippen molar-refractivity contribution in [1.82, 2.24) is 19.9 Å². The standard InChI is InChI=1S/C44H29N5O/c1-4-12-29(13-5-1)42-46-43(30-14-6-2-7-15-30)48-44(47-42)31-26-34(28-22-24-45-25-23-28)40-38(27-31)50-37-21-20-36-39(41(37)40)33-18-10-11-19-35(33)49(36)32-16-8-3-9-17-32/h1-27,36,39H. The summed E-state index contributed by atoms with van der Waals surface area (Å²) in [4.78, 5) is 21.8. The highest BCUT2D eigenvalue weighted by atomic mass is 16.3. The van der Waals surface area contributed by atoms with Gasteiger partial charge in [-0.25, -0.2) is 15.0 Å². The molecule has 1 aliphatic carbocycles. The van der Waals surface area contributed by atoms with Crippen molar-refractivity contribution in [2.45, 2.75) is 12.0 Å². The molecule has 236 valence electrons. The van der Waals surface area contributed by atoms with E-state index in [1.54, 1.807) is 0 Å². The van der Waals surface area contributed by atoms with Crippen LogP contribution in [-0.4, -0.2) is 26.0 Å². The van der Waals surface area contributed by atoms with Crippen LogP contribution in [0.5, 0.6) is 0 Å². The van der Waals surface area contributed by atoms with Crippen molar-refractivity contribution in [2.24, 2.45) is 0 Å². The van der Waals surface area contributed by atoms with Gasteiger partial charge in [-0.1, -0.05) is 103 Å². The molecule has 0 amide bonds. The van der Waals surface area contributed by atoms with Crippen LogP contribution >= 0.6 is 0 Å². The second-order valence-electron chi connectivity index (χ2n) is 12.6.